The quantitative estimate of drug-likeness (QED) is 0.734. The zero-order chi connectivity index (χ0) is 15.0. The molecule has 0 fully saturated rings. The van der Waals surface area contributed by atoms with Crippen molar-refractivity contribution in [3.8, 4) is 0 Å². The lowest BCUT2D eigenvalue weighted by atomic mass is 10.3. The highest BCUT2D eigenvalue weighted by Crippen LogP contribution is 2.28. The Hall–Kier alpha value is -2.02. The smallest absolute Gasteiger partial charge is 0.316 e. The number of nitrogens with zero attached hydrogens (tertiary/aromatic N) is 4. The summed E-state index contributed by atoms with van der Waals surface area (Å²) < 4.78 is 4.06. The van der Waals surface area contributed by atoms with Crippen molar-refractivity contribution in [1.82, 2.24) is 19.2 Å². The first-order chi connectivity index (χ1) is 10.1. The number of imidazole rings is 1. The topological polar surface area (TPSA) is 72.4 Å². The van der Waals surface area contributed by atoms with Gasteiger partial charge in [-0.25, -0.2) is 0 Å². The summed E-state index contributed by atoms with van der Waals surface area (Å²) in [6.45, 7) is 4.62. The number of fused-ring (bicyclic) bond motifs is 3. The Morgan fingerprint density at radius 1 is 1.33 bits per heavy atom. The summed E-state index contributed by atoms with van der Waals surface area (Å²) in [6, 6.07) is 8.02. The molecule has 1 atom stereocenters. The van der Waals surface area contributed by atoms with E-state index in [1.807, 2.05) is 22.6 Å². The van der Waals surface area contributed by atoms with Crippen molar-refractivity contribution in [2.75, 3.05) is 0 Å². The number of thioether (sulfide) groups is 1. The van der Waals surface area contributed by atoms with E-state index in [0.717, 1.165) is 29.8 Å². The fraction of sp³-hybridized carbons (Fsp3) is 0.357. The monoisotopic (exact) mass is 304 g/mol. The third-order valence-electron chi connectivity index (χ3n) is 3.35. The molecule has 110 valence electrons. The van der Waals surface area contributed by atoms with E-state index in [1.165, 1.54) is 11.8 Å². The molecule has 3 aromatic rings. The molecular weight excluding hydrogens is 288 g/mol. The Bertz CT molecular complexity index is 808. The van der Waals surface area contributed by atoms with Crippen LogP contribution < -0.4 is 0 Å². The van der Waals surface area contributed by atoms with Gasteiger partial charge in [-0.05, 0) is 25.5 Å². The molecule has 1 N–H and O–H groups in total. The van der Waals surface area contributed by atoms with Crippen molar-refractivity contribution in [1.29, 1.82) is 0 Å². The molecule has 2 aromatic heterocycles. The van der Waals surface area contributed by atoms with Gasteiger partial charge in [0.1, 0.15) is 5.25 Å². The number of carbonyl (C=O) groups is 1. The summed E-state index contributed by atoms with van der Waals surface area (Å²) >= 11 is 1.21. The van der Waals surface area contributed by atoms with E-state index in [2.05, 4.69) is 27.8 Å². The van der Waals surface area contributed by atoms with Crippen molar-refractivity contribution in [2.45, 2.75) is 37.2 Å². The van der Waals surface area contributed by atoms with Crippen molar-refractivity contribution < 1.29 is 9.90 Å². The summed E-state index contributed by atoms with van der Waals surface area (Å²) in [7, 11) is 0. The SMILES string of the molecule is CCCn1c2ccccc2n2c(S[C@H](C)C(=O)O)nnc12. The van der Waals surface area contributed by atoms with Crippen LogP contribution >= 0.6 is 11.8 Å². The molecule has 1 aromatic carbocycles. The fourth-order valence-electron chi connectivity index (χ4n) is 2.37. The molecule has 0 aliphatic rings. The number of benzene rings is 1. The third kappa shape index (κ3) is 2.27. The van der Waals surface area contributed by atoms with E-state index in [-0.39, 0.29) is 0 Å². The van der Waals surface area contributed by atoms with Crippen LogP contribution in [0.5, 0.6) is 0 Å². The summed E-state index contributed by atoms with van der Waals surface area (Å²) in [4.78, 5) is 11.0. The highest BCUT2D eigenvalue weighted by Gasteiger charge is 2.20. The van der Waals surface area contributed by atoms with Crippen LogP contribution in [0.1, 0.15) is 20.3 Å². The van der Waals surface area contributed by atoms with Gasteiger partial charge in [0.2, 0.25) is 5.78 Å². The lowest BCUT2D eigenvalue weighted by molar-refractivity contribution is -0.136. The largest absolute Gasteiger partial charge is 0.480 e. The minimum absolute atomic E-state index is 0.564. The molecule has 0 radical (unpaired) electrons. The van der Waals surface area contributed by atoms with Crippen molar-refractivity contribution in [3.63, 3.8) is 0 Å². The maximum Gasteiger partial charge on any atom is 0.316 e. The van der Waals surface area contributed by atoms with Crippen molar-refractivity contribution >= 4 is 34.5 Å². The van der Waals surface area contributed by atoms with E-state index in [0.29, 0.717) is 5.16 Å². The van der Waals surface area contributed by atoms with Crippen LogP contribution in [0.3, 0.4) is 0 Å². The minimum atomic E-state index is -0.853. The zero-order valence-corrected chi connectivity index (χ0v) is 12.7. The molecule has 6 nitrogen and oxygen atoms in total. The van der Waals surface area contributed by atoms with E-state index >= 15 is 0 Å². The van der Waals surface area contributed by atoms with Gasteiger partial charge in [0.15, 0.2) is 5.16 Å². The lowest BCUT2D eigenvalue weighted by Crippen LogP contribution is -2.11. The maximum atomic E-state index is 11.0. The zero-order valence-electron chi connectivity index (χ0n) is 11.9. The molecule has 0 aliphatic heterocycles. The Morgan fingerprint density at radius 2 is 2.05 bits per heavy atom. The first-order valence-electron chi connectivity index (χ1n) is 6.85. The van der Waals surface area contributed by atoms with Gasteiger partial charge in [0.05, 0.1) is 11.0 Å². The van der Waals surface area contributed by atoms with E-state index in [4.69, 9.17) is 5.11 Å². The number of rotatable bonds is 5. The molecule has 21 heavy (non-hydrogen) atoms. The van der Waals surface area contributed by atoms with Crippen LogP contribution in [0.15, 0.2) is 29.4 Å². The highest BCUT2D eigenvalue weighted by atomic mass is 32.2. The first kappa shape index (κ1) is 13.9. The Labute approximate surface area is 125 Å². The van der Waals surface area contributed by atoms with Gasteiger partial charge in [0.25, 0.3) is 0 Å². The number of carboxylic acid groups (broad SMARTS) is 1. The van der Waals surface area contributed by atoms with E-state index < -0.39 is 11.2 Å². The molecule has 0 unspecified atom stereocenters. The van der Waals surface area contributed by atoms with Crippen LogP contribution in [0.2, 0.25) is 0 Å². The van der Waals surface area contributed by atoms with Crippen LogP contribution in [0.25, 0.3) is 16.8 Å². The normalized spacial score (nSPS) is 13.0. The van der Waals surface area contributed by atoms with Gasteiger partial charge in [-0.1, -0.05) is 30.8 Å². The number of aromatic nitrogens is 4. The Kier molecular flexibility index (Phi) is 3.59. The van der Waals surface area contributed by atoms with Crippen LogP contribution in [-0.2, 0) is 11.3 Å². The summed E-state index contributed by atoms with van der Waals surface area (Å²) in [5.41, 5.74) is 2.10. The third-order valence-corrected chi connectivity index (χ3v) is 4.38. The van der Waals surface area contributed by atoms with Gasteiger partial charge in [-0.2, -0.15) is 0 Å². The number of hydrogen-bond donors (Lipinski definition) is 1. The molecule has 0 aliphatic carbocycles. The standard InChI is InChI=1S/C14H16N4O2S/c1-3-8-17-10-6-4-5-7-11(10)18-13(17)15-16-14(18)21-9(2)12(19)20/h4-7,9H,3,8H2,1-2H3,(H,19,20)/t9-/m1/s1. The number of aliphatic carboxylic acids is 1. The fourth-order valence-corrected chi connectivity index (χ4v) is 3.16. The van der Waals surface area contributed by atoms with Gasteiger partial charge in [-0.15, -0.1) is 10.2 Å². The predicted molar refractivity (Wildman–Crippen MR) is 81.7 cm³/mol. The summed E-state index contributed by atoms with van der Waals surface area (Å²) in [5.74, 6) is -0.0906. The Morgan fingerprint density at radius 3 is 2.71 bits per heavy atom. The molecule has 0 spiro atoms. The van der Waals surface area contributed by atoms with Gasteiger partial charge >= 0.3 is 5.97 Å². The highest BCUT2D eigenvalue weighted by molar-refractivity contribution is 8.00. The average Bonchev–Trinajstić information content (AvgIpc) is 3.00. The van der Waals surface area contributed by atoms with Gasteiger partial charge in [0, 0.05) is 6.54 Å². The molecule has 0 amide bonds. The van der Waals surface area contributed by atoms with Crippen LogP contribution in [0, 0.1) is 0 Å². The molecule has 3 rings (SSSR count). The predicted octanol–water partition coefficient (Wildman–Crippen LogP) is 2.66. The number of hydrogen-bond acceptors (Lipinski definition) is 4. The minimum Gasteiger partial charge on any atom is -0.480 e. The number of aryl methyl sites for hydroxylation is 1. The lowest BCUT2D eigenvalue weighted by Gasteiger charge is -2.02. The molecule has 7 heteroatoms. The van der Waals surface area contributed by atoms with E-state index in [1.54, 1.807) is 6.92 Å². The molecule has 0 bridgehead atoms. The second-order valence-corrected chi connectivity index (χ2v) is 6.16. The summed E-state index contributed by atoms with van der Waals surface area (Å²) in [6.07, 6.45) is 0.995. The first-order valence-corrected chi connectivity index (χ1v) is 7.73. The molecule has 0 saturated heterocycles. The average molecular weight is 304 g/mol. The second kappa shape index (κ2) is 5.40. The van der Waals surface area contributed by atoms with Crippen LogP contribution in [0.4, 0.5) is 0 Å². The van der Waals surface area contributed by atoms with Gasteiger partial charge < -0.3 is 9.67 Å². The van der Waals surface area contributed by atoms with Crippen molar-refractivity contribution in [2.24, 2.45) is 0 Å². The van der Waals surface area contributed by atoms with Crippen LogP contribution in [-0.4, -0.2) is 35.5 Å². The summed E-state index contributed by atoms with van der Waals surface area (Å²) in [5, 5.41) is 17.5. The number of carboxylic acids is 1. The van der Waals surface area contributed by atoms with E-state index in [9.17, 15) is 4.79 Å². The Balaban J connectivity index is 2.20. The maximum absolute atomic E-state index is 11.0. The number of para-hydroxylation sites is 2. The van der Waals surface area contributed by atoms with Crippen molar-refractivity contribution in [3.05, 3.63) is 24.3 Å². The molecular formula is C14H16N4O2S. The molecule has 0 saturated carbocycles. The molecule has 2 heterocycles. The second-order valence-electron chi connectivity index (χ2n) is 4.86. The van der Waals surface area contributed by atoms with Gasteiger partial charge in [-0.3, -0.25) is 9.20 Å².